The van der Waals surface area contributed by atoms with Crippen LogP contribution in [0.25, 0.3) is 0 Å². The van der Waals surface area contributed by atoms with E-state index in [-0.39, 0.29) is 11.8 Å². The van der Waals surface area contributed by atoms with Gasteiger partial charge in [0.05, 0.1) is 17.2 Å². The Labute approximate surface area is 114 Å². The van der Waals surface area contributed by atoms with Crippen LogP contribution >= 0.6 is 0 Å². The van der Waals surface area contributed by atoms with E-state index in [1.807, 2.05) is 13.2 Å². The molecular formula is C12H22N4O2S. The van der Waals surface area contributed by atoms with Gasteiger partial charge in [-0.3, -0.25) is 9.58 Å². The van der Waals surface area contributed by atoms with Crippen molar-refractivity contribution >= 4 is 9.84 Å². The van der Waals surface area contributed by atoms with Crippen LogP contribution in [0.3, 0.4) is 0 Å². The third-order valence-corrected chi connectivity index (χ3v) is 5.29. The minimum atomic E-state index is -2.84. The van der Waals surface area contributed by atoms with Crippen LogP contribution in [0.4, 0.5) is 0 Å². The molecule has 1 aromatic heterocycles. The van der Waals surface area contributed by atoms with E-state index in [4.69, 9.17) is 0 Å². The minimum Gasteiger partial charge on any atom is -0.293 e. The molecule has 2 rings (SSSR count). The molecule has 1 atom stereocenters. The monoisotopic (exact) mass is 286 g/mol. The normalized spacial score (nSPS) is 22.2. The lowest BCUT2D eigenvalue weighted by atomic mass is 10.2. The van der Waals surface area contributed by atoms with Gasteiger partial charge in [-0.25, -0.2) is 8.42 Å². The standard InChI is InChI=1S/C12H22N4O2S/c1-3-4-6-16(9-11-8-15(2)14-13-11)12-5-7-19(17,18)10-12/h8,12H,3-7,9-10H2,1-2H3. The molecule has 0 amide bonds. The number of aryl methyl sites for hydroxylation is 1. The molecular weight excluding hydrogens is 264 g/mol. The summed E-state index contributed by atoms with van der Waals surface area (Å²) >= 11 is 0. The summed E-state index contributed by atoms with van der Waals surface area (Å²) in [7, 11) is -0.995. The summed E-state index contributed by atoms with van der Waals surface area (Å²) < 4.78 is 24.9. The summed E-state index contributed by atoms with van der Waals surface area (Å²) in [5.74, 6) is 0.609. The van der Waals surface area contributed by atoms with E-state index in [0.29, 0.717) is 12.3 Å². The fourth-order valence-corrected chi connectivity index (χ4v) is 4.25. The first-order valence-corrected chi connectivity index (χ1v) is 8.62. The van der Waals surface area contributed by atoms with Gasteiger partial charge < -0.3 is 0 Å². The van der Waals surface area contributed by atoms with Crippen LogP contribution in [-0.2, 0) is 23.4 Å². The maximum atomic E-state index is 11.6. The highest BCUT2D eigenvalue weighted by Gasteiger charge is 2.32. The lowest BCUT2D eigenvalue weighted by Gasteiger charge is -2.26. The van der Waals surface area contributed by atoms with Gasteiger partial charge in [0.15, 0.2) is 9.84 Å². The molecule has 0 spiro atoms. The van der Waals surface area contributed by atoms with E-state index in [2.05, 4.69) is 22.1 Å². The Bertz CT molecular complexity index is 512. The van der Waals surface area contributed by atoms with Crippen LogP contribution in [0, 0.1) is 0 Å². The highest BCUT2D eigenvalue weighted by Crippen LogP contribution is 2.20. The molecule has 1 saturated heterocycles. The van der Waals surface area contributed by atoms with E-state index < -0.39 is 9.84 Å². The van der Waals surface area contributed by atoms with Gasteiger partial charge in [0.25, 0.3) is 0 Å². The topological polar surface area (TPSA) is 68.1 Å². The molecule has 0 bridgehead atoms. The maximum absolute atomic E-state index is 11.6. The van der Waals surface area contributed by atoms with Gasteiger partial charge in [-0.2, -0.15) is 0 Å². The minimum absolute atomic E-state index is 0.138. The van der Waals surface area contributed by atoms with Gasteiger partial charge in [0.2, 0.25) is 0 Å². The number of unbranched alkanes of at least 4 members (excludes halogenated alkanes) is 1. The molecule has 7 heteroatoms. The second-order valence-electron chi connectivity index (χ2n) is 5.26. The van der Waals surface area contributed by atoms with Crippen LogP contribution < -0.4 is 0 Å². The average Bonchev–Trinajstić information content (AvgIpc) is 2.90. The van der Waals surface area contributed by atoms with Crippen LogP contribution in [-0.4, -0.2) is 52.4 Å². The van der Waals surface area contributed by atoms with Gasteiger partial charge in [0.1, 0.15) is 0 Å². The Balaban J connectivity index is 2.03. The first-order valence-electron chi connectivity index (χ1n) is 6.80. The van der Waals surface area contributed by atoms with Crippen molar-refractivity contribution in [1.82, 2.24) is 19.9 Å². The zero-order chi connectivity index (χ0) is 13.9. The quantitative estimate of drug-likeness (QED) is 0.766. The molecule has 19 heavy (non-hydrogen) atoms. The lowest BCUT2D eigenvalue weighted by molar-refractivity contribution is 0.198. The fourth-order valence-electron chi connectivity index (χ4n) is 2.49. The summed E-state index contributed by atoms with van der Waals surface area (Å²) in [4.78, 5) is 2.25. The molecule has 1 aliphatic rings. The molecule has 6 nitrogen and oxygen atoms in total. The Hall–Kier alpha value is -0.950. The largest absolute Gasteiger partial charge is 0.293 e. The van der Waals surface area contributed by atoms with E-state index in [1.54, 1.807) is 4.68 Å². The highest BCUT2D eigenvalue weighted by atomic mass is 32.2. The SMILES string of the molecule is CCCCN(Cc1cn(C)nn1)C1CCS(=O)(=O)C1. The van der Waals surface area contributed by atoms with Crippen molar-refractivity contribution in [3.8, 4) is 0 Å². The van der Waals surface area contributed by atoms with Crippen LogP contribution in [0.2, 0.25) is 0 Å². The Morgan fingerprint density at radius 2 is 2.32 bits per heavy atom. The number of rotatable bonds is 6. The number of sulfone groups is 1. The van der Waals surface area contributed by atoms with Gasteiger partial charge >= 0.3 is 0 Å². The van der Waals surface area contributed by atoms with Crippen LogP contribution in [0.1, 0.15) is 31.9 Å². The molecule has 1 fully saturated rings. The number of hydrogen-bond acceptors (Lipinski definition) is 5. The molecule has 108 valence electrons. The van der Waals surface area contributed by atoms with Crippen molar-refractivity contribution < 1.29 is 8.42 Å². The summed E-state index contributed by atoms with van der Waals surface area (Å²) in [5, 5.41) is 8.02. The summed E-state index contributed by atoms with van der Waals surface area (Å²) in [6.45, 7) is 3.76. The molecule has 1 aliphatic heterocycles. The van der Waals surface area contributed by atoms with Crippen molar-refractivity contribution in [2.75, 3.05) is 18.1 Å². The second kappa shape index (κ2) is 6.00. The number of hydrogen-bond donors (Lipinski definition) is 0. The maximum Gasteiger partial charge on any atom is 0.151 e. The zero-order valence-corrected chi connectivity index (χ0v) is 12.4. The molecule has 0 aliphatic carbocycles. The van der Waals surface area contributed by atoms with Crippen LogP contribution in [0.5, 0.6) is 0 Å². The third-order valence-electron chi connectivity index (χ3n) is 3.54. The van der Waals surface area contributed by atoms with Crippen molar-refractivity contribution in [2.45, 2.75) is 38.8 Å². The molecule has 1 aromatic rings. The smallest absolute Gasteiger partial charge is 0.151 e. The van der Waals surface area contributed by atoms with Gasteiger partial charge in [-0.15, -0.1) is 5.10 Å². The van der Waals surface area contributed by atoms with Crippen molar-refractivity contribution in [1.29, 1.82) is 0 Å². The number of aromatic nitrogens is 3. The molecule has 0 N–H and O–H groups in total. The Morgan fingerprint density at radius 1 is 1.53 bits per heavy atom. The lowest BCUT2D eigenvalue weighted by Crippen LogP contribution is -2.36. The summed E-state index contributed by atoms with van der Waals surface area (Å²) in [5.41, 5.74) is 0.905. The Kier molecular flexibility index (Phi) is 4.57. The molecule has 0 aromatic carbocycles. The molecule has 0 saturated carbocycles. The number of nitrogens with zero attached hydrogens (tertiary/aromatic N) is 4. The van der Waals surface area contributed by atoms with Crippen molar-refractivity contribution in [2.24, 2.45) is 7.05 Å². The van der Waals surface area contributed by atoms with E-state index >= 15 is 0 Å². The predicted molar refractivity (Wildman–Crippen MR) is 73.4 cm³/mol. The predicted octanol–water partition coefficient (Wildman–Crippen LogP) is 0.604. The van der Waals surface area contributed by atoms with Gasteiger partial charge in [-0.1, -0.05) is 18.6 Å². The molecule has 0 radical (unpaired) electrons. The van der Waals surface area contributed by atoms with E-state index in [0.717, 1.165) is 31.5 Å². The fraction of sp³-hybridized carbons (Fsp3) is 0.833. The second-order valence-corrected chi connectivity index (χ2v) is 7.49. The third kappa shape index (κ3) is 4.01. The van der Waals surface area contributed by atoms with Gasteiger partial charge in [-0.05, 0) is 19.4 Å². The van der Waals surface area contributed by atoms with Crippen molar-refractivity contribution in [3.05, 3.63) is 11.9 Å². The van der Waals surface area contributed by atoms with E-state index in [1.165, 1.54) is 0 Å². The average molecular weight is 286 g/mol. The highest BCUT2D eigenvalue weighted by molar-refractivity contribution is 7.91. The molecule has 2 heterocycles. The van der Waals surface area contributed by atoms with Gasteiger partial charge in [0, 0.05) is 25.8 Å². The first-order chi connectivity index (χ1) is 9.00. The summed E-state index contributed by atoms with van der Waals surface area (Å²) in [6.07, 6.45) is 4.82. The zero-order valence-electron chi connectivity index (χ0n) is 11.6. The van der Waals surface area contributed by atoms with Crippen molar-refractivity contribution in [3.63, 3.8) is 0 Å². The molecule has 1 unspecified atom stereocenters. The Morgan fingerprint density at radius 3 is 2.84 bits per heavy atom. The first kappa shape index (κ1) is 14.5. The van der Waals surface area contributed by atoms with E-state index in [9.17, 15) is 8.42 Å². The van der Waals surface area contributed by atoms with Crippen LogP contribution in [0.15, 0.2) is 6.20 Å². The summed E-state index contributed by atoms with van der Waals surface area (Å²) in [6, 6.07) is 0.138.